The van der Waals surface area contributed by atoms with Crippen LogP contribution in [0.2, 0.25) is 0 Å². The van der Waals surface area contributed by atoms with Gasteiger partial charge in [-0.25, -0.2) is 0 Å². The Morgan fingerprint density at radius 3 is 1.46 bits per heavy atom. The van der Waals surface area contributed by atoms with Gasteiger partial charge in [0, 0.05) is 124 Å². The maximum absolute atomic E-state index is 6.51. The zero-order valence-electron chi connectivity index (χ0n) is 34.6. The van der Waals surface area contributed by atoms with Crippen molar-refractivity contribution in [2.75, 3.05) is 0 Å². The Labute approximate surface area is 378 Å². The zero-order valence-corrected chi connectivity index (χ0v) is 34.6. The second kappa shape index (κ2) is 16.9. The van der Waals surface area contributed by atoms with Gasteiger partial charge < -0.3 is 13.6 Å². The van der Waals surface area contributed by atoms with Crippen LogP contribution in [0.25, 0.3) is 99.2 Å². The first-order valence-electron chi connectivity index (χ1n) is 21.1. The highest BCUT2D eigenvalue weighted by molar-refractivity contribution is 8.05. The smallest absolute Gasteiger partial charge is 0.159 e. The van der Waals surface area contributed by atoms with Gasteiger partial charge in [0.15, 0.2) is 5.58 Å². The first-order chi connectivity index (χ1) is 30.7. The fraction of sp³-hybridized carbons (Fsp3) is 0. The van der Waals surface area contributed by atoms with Gasteiger partial charge in [-0.15, -0.1) is 0 Å². The highest BCUT2D eigenvalue weighted by Crippen LogP contribution is 2.41. The van der Waals surface area contributed by atoms with Crippen molar-refractivity contribution in [2.24, 2.45) is 0 Å². The minimum atomic E-state index is -0.723. The minimum absolute atomic E-state index is 0.481. The lowest BCUT2D eigenvalue weighted by Crippen LogP contribution is -2.67. The summed E-state index contributed by atoms with van der Waals surface area (Å²) < 4.78 is 11.3. The molecule has 63 heavy (non-hydrogen) atoms. The average Bonchev–Trinajstić information content (AvgIpc) is 3.97. The van der Waals surface area contributed by atoms with Crippen molar-refractivity contribution in [3.63, 3.8) is 0 Å². The molecule has 8 aromatic carbocycles. The van der Waals surface area contributed by atoms with Gasteiger partial charge in [-0.3, -0.25) is 0 Å². The van der Waals surface area contributed by atoms with Crippen molar-refractivity contribution in [2.45, 2.75) is 0 Å². The van der Waals surface area contributed by atoms with Crippen LogP contribution in [0.1, 0.15) is 0 Å². The summed E-state index contributed by atoms with van der Waals surface area (Å²) in [5.74, 6) is 0. The average molecular weight is 781 g/mol. The summed E-state index contributed by atoms with van der Waals surface area (Å²) in [4.78, 5) is 0. The molecule has 0 aliphatic heterocycles. The lowest BCUT2D eigenvalue weighted by Gasteiger charge is -2.29. The molecule has 3 heterocycles. The van der Waals surface area contributed by atoms with Crippen molar-refractivity contribution < 1.29 is 4.42 Å². The molecule has 0 aliphatic rings. The molecule has 0 amide bonds. The summed E-state index contributed by atoms with van der Waals surface area (Å²) in [6, 6.07) is 65.5. The molecule has 11 rings (SSSR count). The van der Waals surface area contributed by atoms with Gasteiger partial charge in [-0.2, -0.15) is 0 Å². The van der Waals surface area contributed by atoms with E-state index in [9.17, 15) is 0 Å². The third-order valence-electron chi connectivity index (χ3n) is 12.3. The topological polar surface area (TPSA) is 23.0 Å². The highest BCUT2D eigenvalue weighted by Gasteiger charge is 2.30. The van der Waals surface area contributed by atoms with Crippen LogP contribution < -0.4 is 0 Å². The van der Waals surface area contributed by atoms with Gasteiger partial charge in [0.05, 0.1) is 27.8 Å². The van der Waals surface area contributed by atoms with Crippen LogP contribution >= 0.6 is 0 Å². The number of nitrogens with zero attached hydrogens (tertiary/aromatic N) is 2. The van der Waals surface area contributed by atoms with Gasteiger partial charge in [-0.1, -0.05) is 121 Å². The maximum Gasteiger partial charge on any atom is 0.159 e. The van der Waals surface area contributed by atoms with E-state index in [1.807, 2.05) is 12.1 Å². The molecular formula is C48H30B12N2O. The van der Waals surface area contributed by atoms with Crippen molar-refractivity contribution in [1.29, 1.82) is 0 Å². The largest absolute Gasteiger partial charge is 0.454 e. The normalized spacial score (nSPS) is 11.3. The standard InChI is InChI=1S/C48H30N2O.B12/c1-2-12-31(13-3-1)32-14-10-15-35(28-32)49-42-20-7-4-16-36(42)40-29-33(24-26-44(40)49)34-25-27-45-41(30-34)37-17-5-8-21-43(37)50(45)46-22-11-19-39-38-18-6-9-23-47(38)51-48(39)46;1-8(2)11(7)12(9(3)4)10(5)6/h1-30H;. The van der Waals surface area contributed by atoms with Crippen LogP contribution in [0.5, 0.6) is 0 Å². The van der Waals surface area contributed by atoms with E-state index >= 15 is 0 Å². The van der Waals surface area contributed by atoms with E-state index in [4.69, 9.17) is 58.6 Å². The maximum atomic E-state index is 6.51. The molecule has 15 heteroatoms. The highest BCUT2D eigenvalue weighted by atomic mass is 16.3. The number of hydrogen-bond donors (Lipinski definition) is 0. The molecule has 0 saturated carbocycles. The molecule has 3 aromatic heterocycles. The molecule has 0 unspecified atom stereocenters. The predicted octanol–water partition coefficient (Wildman–Crippen LogP) is 8.54. The van der Waals surface area contributed by atoms with Gasteiger partial charge >= 0.3 is 0 Å². The Morgan fingerprint density at radius 1 is 0.349 bits per heavy atom. The zero-order chi connectivity index (χ0) is 43.4. The number of fused-ring (bicyclic) bond motifs is 9. The van der Waals surface area contributed by atoms with E-state index in [0.29, 0.717) is 0 Å². The van der Waals surface area contributed by atoms with E-state index in [1.54, 1.807) is 0 Å². The van der Waals surface area contributed by atoms with Crippen LogP contribution in [0, 0.1) is 0 Å². The summed E-state index contributed by atoms with van der Waals surface area (Å²) in [5, 5.41) is 7.20. The second-order valence-electron chi connectivity index (χ2n) is 16.2. The molecule has 0 saturated heterocycles. The fourth-order valence-corrected chi connectivity index (χ4v) is 9.23. The monoisotopic (exact) mass is 782 g/mol. The molecule has 11 aromatic rings. The Hall–Kier alpha value is -6.06. The quantitative estimate of drug-likeness (QED) is 0.142. The molecule has 14 radical (unpaired) electrons. The number of benzene rings is 8. The van der Waals surface area contributed by atoms with E-state index in [1.165, 1.54) is 54.8 Å². The summed E-state index contributed by atoms with van der Waals surface area (Å²) in [7, 11) is 37.9. The predicted molar refractivity (Wildman–Crippen MR) is 282 cm³/mol. The van der Waals surface area contributed by atoms with Crippen molar-refractivity contribution in [1.82, 2.24) is 9.13 Å². The number of furan rings is 1. The number of aromatic nitrogens is 2. The van der Waals surface area contributed by atoms with Gasteiger partial charge in [-0.05, 0) is 82.9 Å². The SMILES string of the molecule is [B]B([B])B([B])B(B([B])[B])B([B])[B].c1ccc(-c2cccc(-n3c4ccccc4c4cc(-c5ccc6c(c5)c5ccccc5n6-c5cccc6c5oc5ccccc56)ccc43)c2)cc1. The minimum Gasteiger partial charge on any atom is -0.454 e. The molecule has 0 N–H and O–H groups in total. The molecule has 274 valence electrons. The Morgan fingerprint density at radius 2 is 0.841 bits per heavy atom. The number of rotatable bonds is 8. The fourth-order valence-electron chi connectivity index (χ4n) is 9.23. The molecule has 3 nitrogen and oxygen atoms in total. The second-order valence-corrected chi connectivity index (χ2v) is 16.2. The molecule has 0 bridgehead atoms. The van der Waals surface area contributed by atoms with Crippen LogP contribution in [-0.4, -0.2) is 95.2 Å². The Balaban J connectivity index is 0.000000347. The van der Waals surface area contributed by atoms with Crippen LogP contribution in [-0.2, 0) is 0 Å². The lowest BCUT2D eigenvalue weighted by atomic mass is 8.53. The lowest BCUT2D eigenvalue weighted by molar-refractivity contribution is 0.666. The van der Waals surface area contributed by atoms with Crippen molar-refractivity contribution in [3.8, 4) is 33.6 Å². The van der Waals surface area contributed by atoms with Crippen LogP contribution in [0.3, 0.4) is 0 Å². The Bertz CT molecular complexity index is 3450. The summed E-state index contributed by atoms with van der Waals surface area (Å²) in [5.41, 5.74) is 13.5. The van der Waals surface area contributed by atoms with E-state index in [2.05, 4.69) is 179 Å². The Kier molecular flexibility index (Phi) is 11.0. The third-order valence-corrected chi connectivity index (χ3v) is 12.3. The van der Waals surface area contributed by atoms with E-state index in [-0.39, 0.29) is 0 Å². The molecule has 0 spiro atoms. The van der Waals surface area contributed by atoms with E-state index < -0.39 is 31.9 Å². The van der Waals surface area contributed by atoms with Crippen molar-refractivity contribution in [3.05, 3.63) is 182 Å². The summed E-state index contributed by atoms with van der Waals surface area (Å²) in [6.45, 7) is 0. The van der Waals surface area contributed by atoms with Crippen LogP contribution in [0.4, 0.5) is 0 Å². The number of para-hydroxylation sites is 4. The van der Waals surface area contributed by atoms with Gasteiger partial charge in [0.1, 0.15) is 5.58 Å². The van der Waals surface area contributed by atoms with Gasteiger partial charge in [0.25, 0.3) is 0 Å². The molecule has 0 fully saturated rings. The first-order valence-corrected chi connectivity index (χ1v) is 21.1. The first kappa shape index (κ1) is 41.0. The van der Waals surface area contributed by atoms with Gasteiger partial charge in [0.2, 0.25) is 0 Å². The van der Waals surface area contributed by atoms with E-state index in [0.717, 1.165) is 44.3 Å². The molecule has 0 atom stereocenters. The van der Waals surface area contributed by atoms with Crippen LogP contribution in [0.15, 0.2) is 186 Å². The summed E-state index contributed by atoms with van der Waals surface area (Å²) in [6.07, 6.45) is -3.22. The summed E-state index contributed by atoms with van der Waals surface area (Å²) >= 11 is 0. The molecular weight excluding hydrogens is 750 g/mol. The number of hydrogen-bond acceptors (Lipinski definition) is 1. The molecule has 0 aliphatic carbocycles. The third kappa shape index (κ3) is 7.34. The van der Waals surface area contributed by atoms with Crippen molar-refractivity contribution >= 4 is 152 Å².